The van der Waals surface area contributed by atoms with Crippen molar-refractivity contribution in [3.05, 3.63) is 41.2 Å². The van der Waals surface area contributed by atoms with Crippen LogP contribution in [0.1, 0.15) is 19.4 Å². The third-order valence-corrected chi connectivity index (χ3v) is 5.49. The molecule has 0 amide bonds. The Bertz CT molecular complexity index is 710. The number of carbonyl (C=O) groups is 1. The molecule has 1 aliphatic heterocycles. The first-order valence-electron chi connectivity index (χ1n) is 6.93. The van der Waals surface area contributed by atoms with Crippen LogP contribution in [0.5, 0.6) is 0 Å². The van der Waals surface area contributed by atoms with E-state index in [-0.39, 0.29) is 17.1 Å². The van der Waals surface area contributed by atoms with Crippen LogP contribution < -0.4 is 0 Å². The van der Waals surface area contributed by atoms with E-state index in [1.165, 1.54) is 19.1 Å². The highest BCUT2D eigenvalue weighted by Crippen LogP contribution is 2.31. The lowest BCUT2D eigenvalue weighted by molar-refractivity contribution is -0.138. The van der Waals surface area contributed by atoms with Gasteiger partial charge in [0.1, 0.15) is 5.83 Å². The second-order valence-electron chi connectivity index (χ2n) is 5.08. The molecule has 0 fully saturated rings. The maximum Gasteiger partial charge on any atom is 0.338 e. The Morgan fingerprint density at radius 2 is 1.95 bits per heavy atom. The summed E-state index contributed by atoms with van der Waals surface area (Å²) in [6.07, 6.45) is 0. The molecule has 0 saturated heterocycles. The second-order valence-corrected chi connectivity index (χ2v) is 6.97. The van der Waals surface area contributed by atoms with E-state index in [0.717, 1.165) is 9.87 Å². The van der Waals surface area contributed by atoms with Crippen molar-refractivity contribution in [1.82, 2.24) is 4.31 Å². The van der Waals surface area contributed by atoms with Crippen LogP contribution in [0.4, 0.5) is 4.39 Å². The fraction of sp³-hybridized carbons (Fsp3) is 0.400. The van der Waals surface area contributed by atoms with Crippen LogP contribution in [0.15, 0.2) is 40.6 Å². The molecule has 1 heterocycles. The normalized spacial score (nSPS) is 19.5. The number of esters is 1. The fourth-order valence-corrected chi connectivity index (χ4v) is 3.91. The number of sulfonamides is 1. The van der Waals surface area contributed by atoms with Crippen LogP contribution in [0.2, 0.25) is 0 Å². The summed E-state index contributed by atoms with van der Waals surface area (Å²) in [7, 11) is -3.88. The largest absolute Gasteiger partial charge is 0.463 e. The second kappa shape index (κ2) is 6.18. The molecule has 7 heteroatoms. The summed E-state index contributed by atoms with van der Waals surface area (Å²) >= 11 is 0. The number of benzene rings is 1. The minimum atomic E-state index is -3.88. The Labute approximate surface area is 129 Å². The Morgan fingerprint density at radius 3 is 2.50 bits per heavy atom. The van der Waals surface area contributed by atoms with E-state index in [1.807, 2.05) is 6.92 Å². The number of carbonyl (C=O) groups excluding carboxylic acids is 1. The Kier molecular flexibility index (Phi) is 4.67. The van der Waals surface area contributed by atoms with Crippen molar-refractivity contribution >= 4 is 16.0 Å². The zero-order valence-electron chi connectivity index (χ0n) is 12.7. The predicted octanol–water partition coefficient (Wildman–Crippen LogP) is 2.17. The average Bonchev–Trinajstić information content (AvgIpc) is 2.75. The molecule has 2 rings (SSSR count). The van der Waals surface area contributed by atoms with Crippen LogP contribution >= 0.6 is 0 Å². The molecular formula is C15H18FNO4S. The van der Waals surface area contributed by atoms with E-state index >= 15 is 0 Å². The first kappa shape index (κ1) is 16.6. The number of hydrogen-bond donors (Lipinski definition) is 0. The molecule has 0 N–H and O–H groups in total. The molecule has 120 valence electrons. The van der Waals surface area contributed by atoms with Crippen LogP contribution in [-0.4, -0.2) is 37.9 Å². The Morgan fingerprint density at radius 1 is 1.36 bits per heavy atom. The van der Waals surface area contributed by atoms with Gasteiger partial charge in [-0.3, -0.25) is 0 Å². The van der Waals surface area contributed by atoms with Crippen molar-refractivity contribution in [2.75, 3.05) is 13.2 Å². The molecule has 22 heavy (non-hydrogen) atoms. The van der Waals surface area contributed by atoms with E-state index in [1.54, 1.807) is 19.1 Å². The number of hydrogen-bond acceptors (Lipinski definition) is 4. The summed E-state index contributed by atoms with van der Waals surface area (Å²) in [6.45, 7) is 4.58. The highest BCUT2D eigenvalue weighted by atomic mass is 32.2. The zero-order chi connectivity index (χ0) is 16.5. The van der Waals surface area contributed by atoms with E-state index < -0.39 is 34.4 Å². The number of aryl methyl sites for hydroxylation is 1. The van der Waals surface area contributed by atoms with E-state index in [2.05, 4.69) is 0 Å². The van der Waals surface area contributed by atoms with Gasteiger partial charge < -0.3 is 4.74 Å². The third kappa shape index (κ3) is 2.91. The SMILES string of the molecule is CCOC(=O)C1=C(F)CN(S(=O)(=O)c2ccc(C)cc2)C1C. The number of ether oxygens (including phenoxy) is 1. The topological polar surface area (TPSA) is 63.7 Å². The van der Waals surface area contributed by atoms with E-state index in [9.17, 15) is 17.6 Å². The van der Waals surface area contributed by atoms with Crippen molar-refractivity contribution in [2.45, 2.75) is 31.7 Å². The molecule has 1 aromatic carbocycles. The monoisotopic (exact) mass is 327 g/mol. The maximum absolute atomic E-state index is 14.0. The van der Waals surface area contributed by atoms with Gasteiger partial charge in [-0.25, -0.2) is 17.6 Å². The van der Waals surface area contributed by atoms with Gasteiger partial charge in [0, 0.05) is 0 Å². The molecule has 0 bridgehead atoms. The van der Waals surface area contributed by atoms with E-state index in [0.29, 0.717) is 0 Å². The average molecular weight is 327 g/mol. The highest BCUT2D eigenvalue weighted by Gasteiger charge is 2.41. The van der Waals surface area contributed by atoms with Crippen molar-refractivity contribution in [3.8, 4) is 0 Å². The third-order valence-electron chi connectivity index (χ3n) is 3.56. The molecule has 0 saturated carbocycles. The highest BCUT2D eigenvalue weighted by molar-refractivity contribution is 7.89. The predicted molar refractivity (Wildman–Crippen MR) is 79.3 cm³/mol. The lowest BCUT2D eigenvalue weighted by atomic mass is 10.1. The molecule has 1 atom stereocenters. The summed E-state index contributed by atoms with van der Waals surface area (Å²) in [5, 5.41) is 0. The molecular weight excluding hydrogens is 309 g/mol. The molecule has 0 spiro atoms. The minimum Gasteiger partial charge on any atom is -0.463 e. The van der Waals surface area contributed by atoms with Gasteiger partial charge in [0.15, 0.2) is 0 Å². The van der Waals surface area contributed by atoms with Crippen LogP contribution in [0.25, 0.3) is 0 Å². The van der Waals surface area contributed by atoms with E-state index in [4.69, 9.17) is 4.74 Å². The minimum absolute atomic E-state index is 0.0721. The molecule has 0 radical (unpaired) electrons. The van der Waals surface area contributed by atoms with Gasteiger partial charge in [-0.2, -0.15) is 4.31 Å². The van der Waals surface area contributed by atoms with Gasteiger partial charge in [-0.15, -0.1) is 0 Å². The maximum atomic E-state index is 14.0. The number of rotatable bonds is 4. The Balaban J connectivity index is 2.32. The number of nitrogens with zero attached hydrogens (tertiary/aromatic N) is 1. The standard InChI is InChI=1S/C15H18FNO4S/c1-4-21-15(18)14-11(3)17(9-13(14)16)22(19,20)12-7-5-10(2)6-8-12/h5-8,11H,4,9H2,1-3H3. The molecule has 0 aromatic heterocycles. The summed E-state index contributed by atoms with van der Waals surface area (Å²) in [6, 6.07) is 5.38. The van der Waals surface area contributed by atoms with Gasteiger partial charge in [-0.1, -0.05) is 17.7 Å². The van der Waals surface area contributed by atoms with Crippen molar-refractivity contribution in [3.63, 3.8) is 0 Å². The van der Waals surface area contributed by atoms with Crippen molar-refractivity contribution in [1.29, 1.82) is 0 Å². The summed E-state index contributed by atoms with van der Waals surface area (Å²) in [5.74, 6) is -1.57. The molecule has 5 nitrogen and oxygen atoms in total. The number of halogens is 1. The van der Waals surface area contributed by atoms with Gasteiger partial charge in [0.2, 0.25) is 10.0 Å². The van der Waals surface area contributed by atoms with Gasteiger partial charge >= 0.3 is 5.97 Å². The summed E-state index contributed by atoms with van der Waals surface area (Å²) in [5.41, 5.74) is 0.697. The lowest BCUT2D eigenvalue weighted by Gasteiger charge is -2.22. The van der Waals surface area contributed by atoms with Crippen molar-refractivity contribution < 1.29 is 22.3 Å². The van der Waals surface area contributed by atoms with Gasteiger partial charge in [0.25, 0.3) is 0 Å². The first-order chi connectivity index (χ1) is 10.3. The lowest BCUT2D eigenvalue weighted by Crippen LogP contribution is -2.37. The van der Waals surface area contributed by atoms with Crippen molar-refractivity contribution in [2.24, 2.45) is 0 Å². The summed E-state index contributed by atoms with van der Waals surface area (Å²) in [4.78, 5) is 11.9. The molecule has 1 aromatic rings. The van der Waals surface area contributed by atoms with Crippen LogP contribution in [0.3, 0.4) is 0 Å². The summed E-state index contributed by atoms with van der Waals surface area (Å²) < 4.78 is 45.0. The van der Waals surface area contributed by atoms with Crippen LogP contribution in [-0.2, 0) is 19.6 Å². The zero-order valence-corrected chi connectivity index (χ0v) is 13.5. The molecule has 0 aliphatic carbocycles. The quantitative estimate of drug-likeness (QED) is 0.795. The molecule has 1 aliphatic rings. The van der Waals surface area contributed by atoms with Gasteiger partial charge in [0.05, 0.1) is 29.7 Å². The van der Waals surface area contributed by atoms with Crippen LogP contribution in [0, 0.1) is 6.92 Å². The smallest absolute Gasteiger partial charge is 0.338 e. The molecule has 1 unspecified atom stereocenters. The Hall–Kier alpha value is -1.73. The van der Waals surface area contributed by atoms with Gasteiger partial charge in [-0.05, 0) is 32.9 Å². The first-order valence-corrected chi connectivity index (χ1v) is 8.37. The fourth-order valence-electron chi connectivity index (χ4n) is 2.36.